The molecular weight excluding hydrogens is 360 g/mol. The van der Waals surface area contributed by atoms with Crippen LogP contribution in [0, 0.1) is 6.92 Å². The van der Waals surface area contributed by atoms with E-state index in [1.807, 2.05) is 6.07 Å². The highest BCUT2D eigenvalue weighted by Gasteiger charge is 2.29. The van der Waals surface area contributed by atoms with E-state index in [1.54, 1.807) is 6.07 Å². The molecule has 0 bridgehead atoms. The molecule has 0 aliphatic carbocycles. The summed E-state index contributed by atoms with van der Waals surface area (Å²) in [5.74, 6) is 0. The predicted molar refractivity (Wildman–Crippen MR) is 115 cm³/mol. The average molecular weight is 399 g/mol. The van der Waals surface area contributed by atoms with Gasteiger partial charge in [0.2, 0.25) is 0 Å². The van der Waals surface area contributed by atoms with Crippen LogP contribution in [0.5, 0.6) is 0 Å². The third-order valence-corrected chi connectivity index (χ3v) is 10.6. The van der Waals surface area contributed by atoms with Crippen molar-refractivity contribution < 1.29 is 13.0 Å². The summed E-state index contributed by atoms with van der Waals surface area (Å²) < 4.78 is 33.9. The molecule has 0 unspecified atom stereocenters. The van der Waals surface area contributed by atoms with Crippen molar-refractivity contribution in [1.29, 1.82) is 0 Å². The van der Waals surface area contributed by atoms with Gasteiger partial charge < -0.3 is 0 Å². The molecule has 1 aromatic carbocycles. The van der Waals surface area contributed by atoms with E-state index in [1.165, 1.54) is 36.4 Å². The normalized spacial score (nSPS) is 12.5. The molecule has 0 aliphatic rings. The maximum absolute atomic E-state index is 12.0. The predicted octanol–water partition coefficient (Wildman–Crippen LogP) is 5.40. The number of aryl methyl sites for hydroxylation is 1. The molecule has 1 rings (SSSR count). The van der Waals surface area contributed by atoms with Gasteiger partial charge >= 0.3 is 0 Å². The Morgan fingerprint density at radius 3 is 2.00 bits per heavy atom. The van der Waals surface area contributed by atoms with Crippen molar-refractivity contribution in [3.8, 4) is 0 Å². The third kappa shape index (κ3) is 6.50. The molecule has 150 valence electrons. The summed E-state index contributed by atoms with van der Waals surface area (Å²) in [6.45, 7) is 13.3. The Labute approximate surface area is 163 Å². The quantitative estimate of drug-likeness (QED) is 0.308. The SMILES string of the molecule is CCCCCCCCc1c(S(=O)(=O)O)ccc(C)c1[SiH](C(C)C)C(C)C. The highest BCUT2D eigenvalue weighted by molar-refractivity contribution is 7.85. The molecule has 26 heavy (non-hydrogen) atoms. The number of hydrogen-bond donors (Lipinski definition) is 1. The summed E-state index contributed by atoms with van der Waals surface area (Å²) in [6.07, 6.45) is 7.80. The summed E-state index contributed by atoms with van der Waals surface area (Å²) >= 11 is 0. The summed E-state index contributed by atoms with van der Waals surface area (Å²) in [6, 6.07) is 3.49. The zero-order chi connectivity index (χ0) is 19.9. The first-order valence-electron chi connectivity index (χ1n) is 10.2. The fourth-order valence-corrected chi connectivity index (χ4v) is 9.31. The Hall–Kier alpha value is -0.653. The molecule has 1 aromatic rings. The zero-order valence-corrected chi connectivity index (χ0v) is 19.5. The monoisotopic (exact) mass is 398 g/mol. The summed E-state index contributed by atoms with van der Waals surface area (Å²) in [7, 11) is -5.55. The van der Waals surface area contributed by atoms with Crippen molar-refractivity contribution in [2.24, 2.45) is 0 Å². The zero-order valence-electron chi connectivity index (χ0n) is 17.5. The molecule has 0 aromatic heterocycles. The lowest BCUT2D eigenvalue weighted by atomic mass is 10.0. The molecular formula is C21H38O3SSi. The van der Waals surface area contributed by atoms with Gasteiger partial charge in [-0.2, -0.15) is 8.42 Å². The topological polar surface area (TPSA) is 54.4 Å². The molecule has 0 radical (unpaired) electrons. The number of hydrogen-bond acceptors (Lipinski definition) is 2. The van der Waals surface area contributed by atoms with Crippen LogP contribution >= 0.6 is 0 Å². The second-order valence-corrected chi connectivity index (χ2v) is 14.0. The molecule has 3 nitrogen and oxygen atoms in total. The van der Waals surface area contributed by atoms with Gasteiger partial charge in [0, 0.05) is 0 Å². The maximum Gasteiger partial charge on any atom is 0.294 e. The largest absolute Gasteiger partial charge is 0.294 e. The van der Waals surface area contributed by atoms with Crippen LogP contribution in [-0.2, 0) is 16.5 Å². The van der Waals surface area contributed by atoms with E-state index in [-0.39, 0.29) is 4.90 Å². The van der Waals surface area contributed by atoms with Crippen LogP contribution in [0.2, 0.25) is 11.1 Å². The Bertz CT molecular complexity index is 658. The van der Waals surface area contributed by atoms with E-state index in [9.17, 15) is 13.0 Å². The van der Waals surface area contributed by atoms with Gasteiger partial charge in [0.25, 0.3) is 10.1 Å². The first-order chi connectivity index (χ1) is 12.1. The lowest BCUT2D eigenvalue weighted by Gasteiger charge is -2.29. The molecule has 0 fully saturated rings. The van der Waals surface area contributed by atoms with Crippen LogP contribution in [0.25, 0.3) is 0 Å². The van der Waals surface area contributed by atoms with E-state index >= 15 is 0 Å². The lowest BCUT2D eigenvalue weighted by Crippen LogP contribution is -2.41. The van der Waals surface area contributed by atoms with Gasteiger partial charge in [-0.1, -0.05) is 83.5 Å². The minimum absolute atomic E-state index is 0.144. The third-order valence-electron chi connectivity index (χ3n) is 5.36. The van der Waals surface area contributed by atoms with Crippen LogP contribution in [0.3, 0.4) is 0 Å². The minimum atomic E-state index is -4.19. The van der Waals surface area contributed by atoms with Crippen LogP contribution in [0.4, 0.5) is 0 Å². The maximum atomic E-state index is 12.0. The highest BCUT2D eigenvalue weighted by atomic mass is 32.2. The summed E-state index contributed by atoms with van der Waals surface area (Å²) in [5, 5.41) is 1.28. The Kier molecular flexibility index (Phi) is 9.55. The van der Waals surface area contributed by atoms with E-state index in [0.717, 1.165) is 24.8 Å². The van der Waals surface area contributed by atoms with Gasteiger partial charge in [-0.15, -0.1) is 0 Å². The van der Waals surface area contributed by atoms with E-state index < -0.39 is 18.9 Å². The fraction of sp³-hybridized carbons (Fsp3) is 0.714. The molecule has 0 aliphatic heterocycles. The molecule has 0 saturated heterocycles. The smallest absolute Gasteiger partial charge is 0.282 e. The van der Waals surface area contributed by atoms with Crippen molar-refractivity contribution in [2.45, 2.75) is 102 Å². The fourth-order valence-electron chi connectivity index (χ4n) is 4.24. The highest BCUT2D eigenvalue weighted by Crippen LogP contribution is 2.27. The number of rotatable bonds is 11. The molecule has 5 heteroatoms. The molecule has 0 amide bonds. The molecule has 1 N–H and O–H groups in total. The Balaban J connectivity index is 3.26. The van der Waals surface area contributed by atoms with Gasteiger partial charge in [0.05, 0.1) is 13.7 Å². The van der Waals surface area contributed by atoms with E-state index in [0.29, 0.717) is 11.1 Å². The molecule has 0 spiro atoms. The van der Waals surface area contributed by atoms with Crippen molar-refractivity contribution in [1.82, 2.24) is 0 Å². The Morgan fingerprint density at radius 1 is 0.962 bits per heavy atom. The first kappa shape index (κ1) is 23.4. The minimum Gasteiger partial charge on any atom is -0.282 e. The van der Waals surface area contributed by atoms with Crippen molar-refractivity contribution in [3.63, 3.8) is 0 Å². The van der Waals surface area contributed by atoms with Gasteiger partial charge in [0.1, 0.15) is 0 Å². The Morgan fingerprint density at radius 2 is 1.50 bits per heavy atom. The van der Waals surface area contributed by atoms with Crippen molar-refractivity contribution in [2.75, 3.05) is 0 Å². The van der Waals surface area contributed by atoms with E-state index in [2.05, 4.69) is 41.5 Å². The number of unbranched alkanes of at least 4 members (excludes halogenated alkanes) is 5. The molecule has 0 saturated carbocycles. The molecule has 0 atom stereocenters. The van der Waals surface area contributed by atoms with Crippen molar-refractivity contribution >= 4 is 24.1 Å². The summed E-state index contributed by atoms with van der Waals surface area (Å²) in [4.78, 5) is 0.144. The standard InChI is InChI=1S/C21H38O3SSi/c1-7-8-9-10-11-12-13-19-20(25(22,23)24)15-14-18(6)21(19)26(16(2)3)17(4)5/h14-17,26H,7-13H2,1-6H3,(H,22,23,24). The van der Waals surface area contributed by atoms with Gasteiger partial charge in [-0.05, 0) is 42.5 Å². The van der Waals surface area contributed by atoms with Crippen LogP contribution in [0.1, 0.15) is 84.3 Å². The van der Waals surface area contributed by atoms with E-state index in [4.69, 9.17) is 0 Å². The van der Waals surface area contributed by atoms with Crippen LogP contribution in [0.15, 0.2) is 17.0 Å². The summed E-state index contributed by atoms with van der Waals surface area (Å²) in [5.41, 5.74) is 3.20. The van der Waals surface area contributed by atoms with Gasteiger partial charge in [0.15, 0.2) is 0 Å². The number of benzene rings is 1. The van der Waals surface area contributed by atoms with Gasteiger partial charge in [-0.25, -0.2) is 0 Å². The first-order valence-corrected chi connectivity index (χ1v) is 13.6. The van der Waals surface area contributed by atoms with Crippen LogP contribution in [-0.4, -0.2) is 21.8 Å². The molecule has 0 heterocycles. The van der Waals surface area contributed by atoms with Crippen molar-refractivity contribution in [3.05, 3.63) is 23.3 Å². The second kappa shape index (κ2) is 10.6. The van der Waals surface area contributed by atoms with Gasteiger partial charge in [-0.3, -0.25) is 4.55 Å². The van der Waals surface area contributed by atoms with Crippen LogP contribution < -0.4 is 5.19 Å². The second-order valence-electron chi connectivity index (χ2n) is 8.28. The lowest BCUT2D eigenvalue weighted by molar-refractivity contribution is 0.481. The average Bonchev–Trinajstić information content (AvgIpc) is 2.51.